The summed E-state index contributed by atoms with van der Waals surface area (Å²) in [5, 5.41) is 0. The highest BCUT2D eigenvalue weighted by molar-refractivity contribution is 6.24. The van der Waals surface area contributed by atoms with E-state index in [4.69, 9.17) is 0 Å². The molecule has 0 aromatic carbocycles. The maximum Gasteiger partial charge on any atom is 0.185 e. The molecular weight excluding hydrogens is 152 g/mol. The molecule has 12 heavy (non-hydrogen) atoms. The van der Waals surface area contributed by atoms with Crippen LogP contribution in [-0.4, -0.2) is 11.6 Å². The van der Waals surface area contributed by atoms with E-state index < -0.39 is 0 Å². The Kier molecular flexibility index (Phi) is 2.01. The van der Waals surface area contributed by atoms with Crippen LogP contribution < -0.4 is 0 Å². The lowest BCUT2D eigenvalue weighted by atomic mass is 9.87. The molecule has 0 aromatic heterocycles. The lowest BCUT2D eigenvalue weighted by Crippen LogP contribution is -2.19. The first-order valence-electron chi connectivity index (χ1n) is 3.76. The first kappa shape index (κ1) is 8.91. The van der Waals surface area contributed by atoms with Crippen LogP contribution in [0.1, 0.15) is 20.8 Å². The summed E-state index contributed by atoms with van der Waals surface area (Å²) in [4.78, 5) is 22.7. The predicted octanol–water partition coefficient (Wildman–Crippen LogP) is 1.63. The minimum Gasteiger partial charge on any atom is -0.289 e. The molecule has 0 spiro atoms. The standard InChI is InChI=1S/C10H11O2/c1-5-6(2)10(12)8(4)7(3)9(5)11/h1H2,2-4H3. The molecule has 1 radical (unpaired) electrons. The topological polar surface area (TPSA) is 34.1 Å². The van der Waals surface area contributed by atoms with Gasteiger partial charge in [0, 0.05) is 22.3 Å². The van der Waals surface area contributed by atoms with Crippen LogP contribution in [0.5, 0.6) is 0 Å². The van der Waals surface area contributed by atoms with E-state index in [0.29, 0.717) is 22.3 Å². The molecule has 0 atom stereocenters. The van der Waals surface area contributed by atoms with Crippen molar-refractivity contribution in [1.29, 1.82) is 0 Å². The lowest BCUT2D eigenvalue weighted by molar-refractivity contribution is -0.116. The van der Waals surface area contributed by atoms with Crippen molar-refractivity contribution in [3.8, 4) is 0 Å². The summed E-state index contributed by atoms with van der Waals surface area (Å²) in [6.07, 6.45) is 0. The molecule has 0 aliphatic heterocycles. The van der Waals surface area contributed by atoms with Crippen LogP contribution in [0.3, 0.4) is 0 Å². The molecule has 63 valence electrons. The fraction of sp³-hybridized carbons (Fsp3) is 0.300. The summed E-state index contributed by atoms with van der Waals surface area (Å²) in [7, 11) is 0. The van der Waals surface area contributed by atoms with Crippen molar-refractivity contribution in [2.45, 2.75) is 20.8 Å². The van der Waals surface area contributed by atoms with Crippen LogP contribution >= 0.6 is 0 Å². The molecule has 0 saturated carbocycles. The minimum atomic E-state index is -0.107. The van der Waals surface area contributed by atoms with E-state index in [2.05, 4.69) is 6.92 Å². The summed E-state index contributed by atoms with van der Waals surface area (Å²) in [6.45, 7) is 8.54. The zero-order valence-electron chi connectivity index (χ0n) is 7.52. The Labute approximate surface area is 72.0 Å². The predicted molar refractivity (Wildman–Crippen MR) is 46.4 cm³/mol. The van der Waals surface area contributed by atoms with Crippen molar-refractivity contribution < 1.29 is 9.59 Å². The number of allylic oxidation sites excluding steroid dienone is 4. The van der Waals surface area contributed by atoms with Gasteiger partial charge >= 0.3 is 0 Å². The summed E-state index contributed by atoms with van der Waals surface area (Å²) >= 11 is 0. The smallest absolute Gasteiger partial charge is 0.185 e. The highest BCUT2D eigenvalue weighted by Crippen LogP contribution is 2.22. The van der Waals surface area contributed by atoms with Gasteiger partial charge in [-0.15, -0.1) is 0 Å². The lowest BCUT2D eigenvalue weighted by Gasteiger charge is -2.14. The van der Waals surface area contributed by atoms with Gasteiger partial charge in [0.15, 0.2) is 11.6 Å². The molecule has 0 unspecified atom stereocenters. The van der Waals surface area contributed by atoms with Gasteiger partial charge in [-0.05, 0) is 27.7 Å². The van der Waals surface area contributed by atoms with Gasteiger partial charge in [-0.1, -0.05) is 0 Å². The molecule has 1 aliphatic carbocycles. The Morgan fingerprint density at radius 3 is 1.75 bits per heavy atom. The van der Waals surface area contributed by atoms with E-state index in [1.807, 2.05) is 0 Å². The van der Waals surface area contributed by atoms with Gasteiger partial charge in [-0.3, -0.25) is 9.59 Å². The van der Waals surface area contributed by atoms with Gasteiger partial charge in [0.2, 0.25) is 0 Å². The van der Waals surface area contributed by atoms with Crippen molar-refractivity contribution in [1.82, 2.24) is 0 Å². The molecule has 0 heterocycles. The van der Waals surface area contributed by atoms with E-state index in [1.165, 1.54) is 0 Å². The summed E-state index contributed by atoms with van der Waals surface area (Å²) in [5.41, 5.74) is 1.88. The SMILES string of the molecule is [CH2]C1=C(C)C(=O)C(C)=C(C)C1=O. The van der Waals surface area contributed by atoms with Gasteiger partial charge in [-0.2, -0.15) is 0 Å². The average molecular weight is 163 g/mol. The number of Topliss-reactive ketones (excluding diaryl/α,β-unsaturated/α-hetero) is 2. The Hall–Kier alpha value is -1.18. The van der Waals surface area contributed by atoms with Crippen molar-refractivity contribution in [3.05, 3.63) is 29.2 Å². The first-order chi connectivity index (χ1) is 5.46. The third-order valence-electron chi connectivity index (χ3n) is 2.31. The molecule has 0 N–H and O–H groups in total. The largest absolute Gasteiger partial charge is 0.289 e. The number of rotatable bonds is 0. The van der Waals surface area contributed by atoms with Gasteiger partial charge < -0.3 is 0 Å². The van der Waals surface area contributed by atoms with Crippen LogP contribution in [0.4, 0.5) is 0 Å². The van der Waals surface area contributed by atoms with Crippen molar-refractivity contribution in [2.75, 3.05) is 0 Å². The minimum absolute atomic E-state index is 0.0582. The molecular formula is C10H11O2. The second-order valence-corrected chi connectivity index (χ2v) is 3.01. The van der Waals surface area contributed by atoms with E-state index in [9.17, 15) is 9.59 Å². The maximum absolute atomic E-state index is 11.4. The van der Waals surface area contributed by atoms with Crippen LogP contribution in [0.2, 0.25) is 0 Å². The van der Waals surface area contributed by atoms with E-state index in [-0.39, 0.29) is 11.6 Å². The Balaban J connectivity index is 3.32. The third-order valence-corrected chi connectivity index (χ3v) is 2.31. The third kappa shape index (κ3) is 1.04. The number of ketones is 2. The normalized spacial score (nSPS) is 19.3. The number of carbonyl (C=O) groups is 2. The van der Waals surface area contributed by atoms with Crippen LogP contribution in [0.25, 0.3) is 0 Å². The Bertz CT molecular complexity index is 268. The van der Waals surface area contributed by atoms with Gasteiger partial charge in [0.1, 0.15) is 0 Å². The fourth-order valence-corrected chi connectivity index (χ4v) is 1.16. The van der Waals surface area contributed by atoms with Crippen molar-refractivity contribution >= 4 is 11.6 Å². The Morgan fingerprint density at radius 1 is 0.833 bits per heavy atom. The second-order valence-electron chi connectivity index (χ2n) is 3.01. The van der Waals surface area contributed by atoms with E-state index in [1.54, 1.807) is 20.8 Å². The maximum atomic E-state index is 11.4. The highest BCUT2D eigenvalue weighted by Gasteiger charge is 2.24. The molecule has 0 bridgehead atoms. The van der Waals surface area contributed by atoms with Crippen molar-refractivity contribution in [3.63, 3.8) is 0 Å². The monoisotopic (exact) mass is 163 g/mol. The van der Waals surface area contributed by atoms with E-state index in [0.717, 1.165) is 0 Å². The molecule has 0 amide bonds. The van der Waals surface area contributed by atoms with Gasteiger partial charge in [-0.25, -0.2) is 0 Å². The first-order valence-corrected chi connectivity index (χ1v) is 3.76. The fourth-order valence-electron chi connectivity index (χ4n) is 1.16. The van der Waals surface area contributed by atoms with Gasteiger partial charge in [0.25, 0.3) is 0 Å². The number of hydrogen-bond acceptors (Lipinski definition) is 2. The Morgan fingerprint density at radius 2 is 1.25 bits per heavy atom. The zero-order chi connectivity index (χ0) is 9.46. The second kappa shape index (κ2) is 2.70. The number of hydrogen-bond donors (Lipinski definition) is 0. The molecule has 0 fully saturated rings. The molecule has 2 heteroatoms. The summed E-state index contributed by atoms with van der Waals surface area (Å²) < 4.78 is 0. The molecule has 1 rings (SSSR count). The van der Waals surface area contributed by atoms with E-state index >= 15 is 0 Å². The molecule has 1 aliphatic rings. The van der Waals surface area contributed by atoms with Crippen LogP contribution in [-0.2, 0) is 9.59 Å². The zero-order valence-corrected chi connectivity index (χ0v) is 7.52. The molecule has 0 aromatic rings. The van der Waals surface area contributed by atoms with Crippen molar-refractivity contribution in [2.24, 2.45) is 0 Å². The number of carbonyl (C=O) groups excluding carboxylic acids is 2. The summed E-state index contributed by atoms with van der Waals surface area (Å²) in [6, 6.07) is 0. The summed E-state index contributed by atoms with van der Waals surface area (Å²) in [5.74, 6) is -0.165. The molecule has 2 nitrogen and oxygen atoms in total. The molecule has 0 saturated heterocycles. The highest BCUT2D eigenvalue weighted by atomic mass is 16.1. The van der Waals surface area contributed by atoms with Gasteiger partial charge in [0.05, 0.1) is 0 Å². The van der Waals surface area contributed by atoms with Crippen LogP contribution in [0.15, 0.2) is 22.3 Å². The average Bonchev–Trinajstić information content (AvgIpc) is 2.08. The quantitative estimate of drug-likeness (QED) is 0.508. The van der Waals surface area contributed by atoms with Crippen LogP contribution in [0, 0.1) is 6.92 Å².